The molecular weight excluding hydrogens is 1090 g/mol. The van der Waals surface area contributed by atoms with Crippen molar-refractivity contribution in [2.75, 3.05) is 29.4 Å². The molecule has 0 saturated carbocycles. The average Bonchev–Trinajstić information content (AvgIpc) is 0.634. The third-order valence-electron chi connectivity index (χ3n) is 18.1. The summed E-state index contributed by atoms with van der Waals surface area (Å²) in [6, 6.07) is 119. The zero-order valence-electron chi connectivity index (χ0n) is 46.5. The normalized spacial score (nSPS) is 15.8. The summed E-state index contributed by atoms with van der Waals surface area (Å²) in [7, 11) is -5.10. The summed E-state index contributed by atoms with van der Waals surface area (Å²) in [6.07, 6.45) is 0. The summed E-state index contributed by atoms with van der Waals surface area (Å²) in [6.45, 7) is 0. The first-order valence-electron chi connectivity index (χ1n) is 29.4. The van der Waals surface area contributed by atoms with Gasteiger partial charge in [0.15, 0.2) is 0 Å². The Morgan fingerprint density at radius 3 is 0.535 bits per heavy atom. The smallest absolute Gasteiger partial charge is 0.0869 e. The van der Waals surface area contributed by atoms with Crippen LogP contribution in [0.25, 0.3) is 0 Å². The van der Waals surface area contributed by atoms with Crippen molar-refractivity contribution in [3.05, 3.63) is 315 Å². The third-order valence-corrected chi connectivity index (χ3v) is 26.2. The lowest BCUT2D eigenvalue weighted by Gasteiger charge is -2.64. The van der Waals surface area contributed by atoms with E-state index < -0.39 is 20.1 Å². The molecule has 6 heterocycles. The Kier molecular flexibility index (Phi) is 9.97. The Morgan fingerprint density at radius 2 is 0.326 bits per heavy atom. The van der Waals surface area contributed by atoms with E-state index in [0.29, 0.717) is 0 Å². The standard InChI is InChI=1S/C78H52N6S2/c1-9-29-53(30-10-1)79-61-45-25-49-65-73(61)85(59-41-21-7-22-42-59)74-62(79)46-26-50-66(74)82(56-35-15-4-16-36-56)70-72-78-71(69(77(70)85)81(65)55-33-13-3-14-34-55)83(57-37-17-5-18-38-57)67-51-27-47-63-75(67)86(78,60-43-23-8-24-44-60)76-64(80(63)54-31-11-2-12-32-54)48-28-52-68(76)84(72)58-39-19-6-20-40-58/h1-52H. The molecule has 6 aliphatic rings. The fourth-order valence-corrected chi connectivity index (χ4v) is 24.6. The lowest BCUT2D eigenvalue weighted by atomic mass is 10.0. The lowest BCUT2D eigenvalue weighted by molar-refractivity contribution is 0.975. The maximum atomic E-state index is 2.70. The van der Waals surface area contributed by atoms with Crippen LogP contribution in [0.3, 0.4) is 0 Å². The van der Waals surface area contributed by atoms with Gasteiger partial charge >= 0.3 is 0 Å². The molecule has 13 aromatic carbocycles. The van der Waals surface area contributed by atoms with Gasteiger partial charge in [-0.1, -0.05) is 170 Å². The van der Waals surface area contributed by atoms with Crippen molar-refractivity contribution in [3.63, 3.8) is 0 Å². The van der Waals surface area contributed by atoms with Crippen molar-refractivity contribution in [3.8, 4) is 0 Å². The van der Waals surface area contributed by atoms with Crippen LogP contribution >= 0.6 is 20.1 Å². The number of fused-ring (bicyclic) bond motifs is 2. The SMILES string of the molecule is c1ccc(N2c3cccc4c3S3(c5ccccc5)c5c2cccc5N(c2ccccc2)c2c5c6c(c(c23)N4c2ccccc2)N(c2ccccc2)c2cccc3c2S6(c2ccccc2)c2c(cccc2N5c2ccccc2)N3c2ccccc2)cc1. The van der Waals surface area contributed by atoms with Gasteiger partial charge in [0, 0.05) is 43.9 Å². The molecule has 0 fully saturated rings. The van der Waals surface area contributed by atoms with Crippen LogP contribution in [0, 0.1) is 0 Å². The maximum absolute atomic E-state index is 2.70. The Hall–Kier alpha value is -10.6. The molecule has 0 amide bonds. The van der Waals surface area contributed by atoms with Gasteiger partial charge in [-0.3, -0.25) is 0 Å². The molecule has 0 N–H and O–H groups in total. The summed E-state index contributed by atoms with van der Waals surface area (Å²) in [4.78, 5) is 26.4. The summed E-state index contributed by atoms with van der Waals surface area (Å²) in [5.41, 5.74) is 20.7. The molecule has 0 atom stereocenters. The van der Waals surface area contributed by atoms with Crippen LogP contribution in [-0.4, -0.2) is 0 Å². The van der Waals surface area contributed by atoms with Crippen molar-refractivity contribution in [1.82, 2.24) is 0 Å². The van der Waals surface area contributed by atoms with Gasteiger partial charge in [-0.05, 0) is 146 Å². The molecular formula is C78H52N6S2. The van der Waals surface area contributed by atoms with Crippen molar-refractivity contribution in [2.24, 2.45) is 0 Å². The molecule has 86 heavy (non-hydrogen) atoms. The van der Waals surface area contributed by atoms with Crippen molar-refractivity contribution >= 4 is 122 Å². The van der Waals surface area contributed by atoms with Crippen LogP contribution in [0.4, 0.5) is 102 Å². The predicted octanol–water partition coefficient (Wildman–Crippen LogP) is 23.1. The molecule has 0 bridgehead atoms. The van der Waals surface area contributed by atoms with Gasteiger partial charge in [0.25, 0.3) is 0 Å². The van der Waals surface area contributed by atoms with E-state index in [9.17, 15) is 0 Å². The van der Waals surface area contributed by atoms with E-state index in [1.54, 1.807) is 0 Å². The van der Waals surface area contributed by atoms with Gasteiger partial charge in [0.1, 0.15) is 0 Å². The van der Waals surface area contributed by atoms with Gasteiger partial charge in [-0.25, -0.2) is 0 Å². The lowest BCUT2D eigenvalue weighted by Crippen LogP contribution is -2.38. The third kappa shape index (κ3) is 5.98. The van der Waals surface area contributed by atoms with E-state index >= 15 is 0 Å². The number of nitrogens with zero attached hydrogens (tertiary/aromatic N) is 6. The van der Waals surface area contributed by atoms with E-state index in [0.717, 1.165) is 34.1 Å². The van der Waals surface area contributed by atoms with Gasteiger partial charge in [0.2, 0.25) is 0 Å². The fourth-order valence-electron chi connectivity index (χ4n) is 15.2. The number of anilines is 18. The fraction of sp³-hybridized carbons (Fsp3) is 0. The first kappa shape index (κ1) is 47.8. The molecule has 0 unspecified atom stereocenters. The second kappa shape index (κ2) is 17.9. The van der Waals surface area contributed by atoms with E-state index in [1.165, 1.54) is 107 Å². The van der Waals surface area contributed by atoms with Crippen LogP contribution < -0.4 is 29.4 Å². The predicted molar refractivity (Wildman–Crippen MR) is 356 cm³/mol. The molecule has 0 saturated heterocycles. The van der Waals surface area contributed by atoms with Crippen LogP contribution in [-0.2, 0) is 0 Å². The molecule has 13 aromatic rings. The highest BCUT2D eigenvalue weighted by molar-refractivity contribution is 8.35. The Labute approximate surface area is 503 Å². The highest BCUT2D eigenvalue weighted by atomic mass is 32.3. The van der Waals surface area contributed by atoms with E-state index in [-0.39, 0.29) is 0 Å². The average molecular weight is 1140 g/mol. The molecule has 0 spiro atoms. The first-order chi connectivity index (χ1) is 42.8. The van der Waals surface area contributed by atoms with Crippen molar-refractivity contribution in [2.45, 2.75) is 39.2 Å². The topological polar surface area (TPSA) is 19.4 Å². The quantitative estimate of drug-likeness (QED) is 0.150. The maximum Gasteiger partial charge on any atom is 0.0869 e. The van der Waals surface area contributed by atoms with Crippen molar-refractivity contribution in [1.29, 1.82) is 0 Å². The number of rotatable bonds is 8. The number of para-hydroxylation sites is 6. The number of hydrogen-bond acceptors (Lipinski definition) is 6. The summed E-state index contributed by atoms with van der Waals surface area (Å²) >= 11 is 0. The van der Waals surface area contributed by atoms with Crippen molar-refractivity contribution < 1.29 is 0 Å². The second-order valence-electron chi connectivity index (χ2n) is 22.4. The highest BCUT2D eigenvalue weighted by Crippen LogP contribution is 2.96. The van der Waals surface area contributed by atoms with Gasteiger partial charge in [-0.15, -0.1) is 20.1 Å². The minimum absolute atomic E-state index is 1.09. The molecule has 0 aromatic heterocycles. The van der Waals surface area contributed by atoms with Crippen LogP contribution in [0.5, 0.6) is 0 Å². The van der Waals surface area contributed by atoms with Crippen LogP contribution in [0.15, 0.2) is 355 Å². The van der Waals surface area contributed by atoms with E-state index in [2.05, 4.69) is 345 Å². The zero-order chi connectivity index (χ0) is 56.2. The molecule has 6 aliphatic heterocycles. The zero-order valence-corrected chi connectivity index (χ0v) is 48.2. The molecule has 6 nitrogen and oxygen atoms in total. The number of hydrogen-bond donors (Lipinski definition) is 0. The molecule has 0 radical (unpaired) electrons. The van der Waals surface area contributed by atoms with E-state index in [1.807, 2.05) is 0 Å². The molecule has 8 heteroatoms. The Morgan fingerprint density at radius 1 is 0.151 bits per heavy atom. The van der Waals surface area contributed by atoms with Crippen LogP contribution in [0.2, 0.25) is 0 Å². The summed E-state index contributed by atoms with van der Waals surface area (Å²) in [5, 5.41) is 0. The van der Waals surface area contributed by atoms with Gasteiger partial charge < -0.3 is 29.4 Å². The highest BCUT2D eigenvalue weighted by Gasteiger charge is 2.63. The Balaban J connectivity index is 1.14. The monoisotopic (exact) mass is 1140 g/mol. The van der Waals surface area contributed by atoms with Crippen LogP contribution in [0.1, 0.15) is 0 Å². The second-order valence-corrected chi connectivity index (χ2v) is 28.3. The minimum atomic E-state index is -2.55. The largest absolute Gasteiger partial charge is 0.308 e. The first-order valence-corrected chi connectivity index (χ1v) is 32.7. The summed E-state index contributed by atoms with van der Waals surface area (Å²) in [5.74, 6) is 0. The molecule has 19 rings (SSSR count). The summed E-state index contributed by atoms with van der Waals surface area (Å²) < 4.78 is 0. The van der Waals surface area contributed by atoms with Gasteiger partial charge in [-0.2, -0.15) is 0 Å². The van der Waals surface area contributed by atoms with Gasteiger partial charge in [0.05, 0.1) is 97.6 Å². The number of benzene rings is 13. The van der Waals surface area contributed by atoms with E-state index in [4.69, 9.17) is 0 Å². The molecule has 406 valence electrons. The minimum Gasteiger partial charge on any atom is -0.308 e. The Bertz CT molecular complexity index is 4370. The molecule has 0 aliphatic carbocycles.